The van der Waals surface area contributed by atoms with Crippen LogP contribution < -0.4 is 15.4 Å². The first-order chi connectivity index (χ1) is 16.1. The predicted octanol–water partition coefficient (Wildman–Crippen LogP) is 3.42. The van der Waals surface area contributed by atoms with Gasteiger partial charge in [-0.2, -0.15) is 0 Å². The summed E-state index contributed by atoms with van der Waals surface area (Å²) in [4.78, 5) is 25.9. The Morgan fingerprint density at radius 1 is 0.909 bits per heavy atom. The Kier molecular flexibility index (Phi) is 5.34. The Labute approximate surface area is 191 Å². The largest absolute Gasteiger partial charge is 0.497 e. The van der Waals surface area contributed by atoms with Crippen molar-refractivity contribution in [3.05, 3.63) is 112 Å². The van der Waals surface area contributed by atoms with E-state index >= 15 is 0 Å². The van der Waals surface area contributed by atoms with Crippen molar-refractivity contribution in [2.24, 2.45) is 0 Å². The van der Waals surface area contributed by atoms with Gasteiger partial charge < -0.3 is 10.1 Å². The molecule has 0 saturated carbocycles. The van der Waals surface area contributed by atoms with Crippen LogP contribution in [0.25, 0.3) is 0 Å². The zero-order chi connectivity index (χ0) is 23.0. The molecule has 3 aromatic rings. The average molecular weight is 444 g/mol. The number of methoxy groups -OCH3 is 1. The Hall–Kier alpha value is -3.71. The van der Waals surface area contributed by atoms with Crippen LogP contribution in [0.15, 0.2) is 84.9 Å². The van der Waals surface area contributed by atoms with Gasteiger partial charge >= 0.3 is 0 Å². The van der Waals surface area contributed by atoms with E-state index in [1.807, 2.05) is 84.9 Å². The number of rotatable bonds is 5. The summed E-state index contributed by atoms with van der Waals surface area (Å²) in [6.45, 7) is 0.396. The van der Waals surface area contributed by atoms with Crippen LogP contribution in [-0.4, -0.2) is 36.1 Å². The highest BCUT2D eigenvalue weighted by Gasteiger charge is 2.68. The minimum Gasteiger partial charge on any atom is -0.497 e. The fourth-order valence-corrected chi connectivity index (χ4v) is 5.60. The molecule has 5 rings (SSSR count). The Balaban J connectivity index is 1.71. The number of amides is 1. The summed E-state index contributed by atoms with van der Waals surface area (Å²) in [5.74, 6) is -0.442. The molecule has 1 spiro atoms. The Bertz CT molecular complexity index is 1150. The molecule has 2 N–H and O–H groups in total. The fourth-order valence-electron chi connectivity index (χ4n) is 5.60. The topological polar surface area (TPSA) is 93.5 Å². The van der Waals surface area contributed by atoms with Crippen LogP contribution in [0.4, 0.5) is 0 Å². The van der Waals surface area contributed by atoms with Crippen molar-refractivity contribution < 1.29 is 14.5 Å². The number of hydrogen-bond acceptors (Lipinski definition) is 5. The SMILES string of the molecule is COc1ccc([C@H]2CNC(=O)[C@@]23N[C@H](c2ccccc2)[C@H]([N+](=O)[O-])[C@H]3c2ccccc2)cc1. The first-order valence-corrected chi connectivity index (χ1v) is 11.0. The highest BCUT2D eigenvalue weighted by atomic mass is 16.6. The van der Waals surface area contributed by atoms with Crippen molar-refractivity contribution in [3.63, 3.8) is 0 Å². The molecule has 0 unspecified atom stereocenters. The van der Waals surface area contributed by atoms with Crippen LogP contribution in [0.3, 0.4) is 0 Å². The maximum atomic E-state index is 13.6. The van der Waals surface area contributed by atoms with Gasteiger partial charge in [0.15, 0.2) is 0 Å². The molecule has 2 fully saturated rings. The minimum atomic E-state index is -1.17. The van der Waals surface area contributed by atoms with Gasteiger partial charge in [-0.1, -0.05) is 72.8 Å². The van der Waals surface area contributed by atoms with E-state index in [4.69, 9.17) is 4.74 Å². The molecule has 0 radical (unpaired) electrons. The lowest BCUT2D eigenvalue weighted by Gasteiger charge is -2.34. The van der Waals surface area contributed by atoms with E-state index < -0.39 is 23.5 Å². The number of carbonyl (C=O) groups is 1. The highest BCUT2D eigenvalue weighted by Crippen LogP contribution is 2.53. The normalized spacial score (nSPS) is 28.6. The van der Waals surface area contributed by atoms with Crippen molar-refractivity contribution in [2.75, 3.05) is 13.7 Å². The molecule has 2 aliphatic rings. The van der Waals surface area contributed by atoms with Gasteiger partial charge in [-0.3, -0.25) is 20.2 Å². The second-order valence-corrected chi connectivity index (χ2v) is 8.60. The molecule has 2 heterocycles. The lowest BCUT2D eigenvalue weighted by molar-refractivity contribution is -0.527. The maximum Gasteiger partial charge on any atom is 0.241 e. The molecule has 7 nitrogen and oxygen atoms in total. The molecule has 5 atom stereocenters. The quantitative estimate of drug-likeness (QED) is 0.466. The smallest absolute Gasteiger partial charge is 0.241 e. The first-order valence-electron chi connectivity index (χ1n) is 11.0. The van der Waals surface area contributed by atoms with Gasteiger partial charge in [0.2, 0.25) is 11.9 Å². The minimum absolute atomic E-state index is 0.206. The third-order valence-electron chi connectivity index (χ3n) is 7.04. The Morgan fingerprint density at radius 3 is 2.09 bits per heavy atom. The molecule has 168 valence electrons. The van der Waals surface area contributed by atoms with Crippen LogP contribution in [0.5, 0.6) is 5.75 Å². The van der Waals surface area contributed by atoms with Crippen molar-refractivity contribution >= 4 is 5.91 Å². The lowest BCUT2D eigenvalue weighted by atomic mass is 9.69. The van der Waals surface area contributed by atoms with Crippen LogP contribution in [-0.2, 0) is 4.79 Å². The number of ether oxygens (including phenoxy) is 1. The molecule has 33 heavy (non-hydrogen) atoms. The molecule has 2 saturated heterocycles. The molecule has 1 amide bonds. The van der Waals surface area contributed by atoms with Crippen molar-refractivity contribution in [1.29, 1.82) is 0 Å². The van der Waals surface area contributed by atoms with Crippen LogP contribution in [0.2, 0.25) is 0 Å². The van der Waals surface area contributed by atoms with Crippen molar-refractivity contribution in [1.82, 2.24) is 10.6 Å². The van der Waals surface area contributed by atoms with Gasteiger partial charge in [0, 0.05) is 17.4 Å². The van der Waals surface area contributed by atoms with Crippen LogP contribution in [0.1, 0.15) is 34.6 Å². The third kappa shape index (κ3) is 3.36. The first kappa shape index (κ1) is 21.2. The molecular formula is C26H25N3O4. The number of nitro groups is 1. The van der Waals surface area contributed by atoms with Crippen molar-refractivity contribution in [3.8, 4) is 5.75 Å². The molecular weight excluding hydrogens is 418 g/mol. The monoisotopic (exact) mass is 443 g/mol. The number of carbonyl (C=O) groups excluding carboxylic acids is 1. The van der Waals surface area contributed by atoms with Gasteiger partial charge in [0.1, 0.15) is 17.3 Å². The van der Waals surface area contributed by atoms with E-state index in [-0.39, 0.29) is 16.7 Å². The number of nitrogens with one attached hydrogen (secondary N) is 2. The summed E-state index contributed by atoms with van der Waals surface area (Å²) in [6, 6.07) is 24.7. The molecule has 7 heteroatoms. The second kappa shape index (κ2) is 8.33. The van der Waals surface area contributed by atoms with E-state index in [1.54, 1.807) is 7.11 Å². The molecule has 0 aliphatic carbocycles. The maximum absolute atomic E-state index is 13.6. The van der Waals surface area contributed by atoms with Gasteiger partial charge in [0.25, 0.3) is 0 Å². The highest BCUT2D eigenvalue weighted by molar-refractivity contribution is 5.92. The summed E-state index contributed by atoms with van der Waals surface area (Å²) >= 11 is 0. The van der Waals surface area contributed by atoms with E-state index in [0.29, 0.717) is 6.54 Å². The van der Waals surface area contributed by atoms with Gasteiger partial charge in [-0.05, 0) is 28.8 Å². The van der Waals surface area contributed by atoms with E-state index in [2.05, 4.69) is 10.6 Å². The van der Waals surface area contributed by atoms with E-state index in [0.717, 1.165) is 22.4 Å². The predicted molar refractivity (Wildman–Crippen MR) is 124 cm³/mol. The third-order valence-corrected chi connectivity index (χ3v) is 7.04. The van der Waals surface area contributed by atoms with Gasteiger partial charge in [-0.15, -0.1) is 0 Å². The van der Waals surface area contributed by atoms with Crippen LogP contribution >= 0.6 is 0 Å². The van der Waals surface area contributed by atoms with E-state index in [1.165, 1.54) is 0 Å². The van der Waals surface area contributed by atoms with Crippen LogP contribution in [0, 0.1) is 10.1 Å². The molecule has 0 bridgehead atoms. The summed E-state index contributed by atoms with van der Waals surface area (Å²) in [5.41, 5.74) is 1.33. The fraction of sp³-hybridized carbons (Fsp3) is 0.269. The summed E-state index contributed by atoms with van der Waals surface area (Å²) in [6.07, 6.45) is 0. The zero-order valence-corrected chi connectivity index (χ0v) is 18.2. The molecule has 3 aromatic carbocycles. The molecule has 2 aliphatic heterocycles. The second-order valence-electron chi connectivity index (χ2n) is 8.60. The standard InChI is InChI=1S/C26H25N3O4/c1-33-20-14-12-17(13-15-20)21-16-27-25(30)26(21)22(18-8-4-2-5-9-18)24(29(31)32)23(28-26)19-10-6-3-7-11-19/h2-15,21-24,28H,16H2,1H3,(H,27,30)/t21-,22-,23-,24-,26-/m1/s1. The van der Waals surface area contributed by atoms with Gasteiger partial charge in [-0.25, -0.2) is 0 Å². The molecule has 0 aromatic heterocycles. The summed E-state index contributed by atoms with van der Waals surface area (Å²) in [5, 5.41) is 19.1. The number of nitrogens with zero attached hydrogens (tertiary/aromatic N) is 1. The number of hydrogen-bond donors (Lipinski definition) is 2. The summed E-state index contributed by atoms with van der Waals surface area (Å²) < 4.78 is 5.30. The zero-order valence-electron chi connectivity index (χ0n) is 18.2. The van der Waals surface area contributed by atoms with Gasteiger partial charge in [0.05, 0.1) is 13.0 Å². The van der Waals surface area contributed by atoms with Crippen molar-refractivity contribution in [2.45, 2.75) is 29.5 Å². The van der Waals surface area contributed by atoms with E-state index in [9.17, 15) is 14.9 Å². The number of benzene rings is 3. The summed E-state index contributed by atoms with van der Waals surface area (Å²) in [7, 11) is 1.60. The average Bonchev–Trinajstić information content (AvgIpc) is 3.39. The lowest BCUT2D eigenvalue weighted by Crippen LogP contribution is -2.54. The Morgan fingerprint density at radius 2 is 1.52 bits per heavy atom.